The van der Waals surface area contributed by atoms with E-state index in [1.54, 1.807) is 0 Å². The number of carbonyl (C=O) groups is 1. The fourth-order valence-corrected chi connectivity index (χ4v) is 2.77. The number of piperidine rings is 1. The van der Waals surface area contributed by atoms with Crippen LogP contribution in [0.15, 0.2) is 35.3 Å². The maximum Gasteiger partial charge on any atom is 0.269 e. The number of nitrogens with zero attached hydrogens (tertiary/aromatic N) is 3. The molecule has 1 saturated heterocycles. The molecule has 0 saturated carbocycles. The molecule has 0 spiro atoms. The number of rotatable bonds is 2. The van der Waals surface area contributed by atoms with Crippen LogP contribution in [0.4, 0.5) is 0 Å². The monoisotopic (exact) mass is 285 g/mol. The fraction of sp³-hybridized carbons (Fsp3) is 0.438. The molecule has 2 heterocycles. The average Bonchev–Trinajstić information content (AvgIpc) is 2.51. The van der Waals surface area contributed by atoms with E-state index in [-0.39, 0.29) is 18.0 Å². The Balaban J connectivity index is 1.86. The summed E-state index contributed by atoms with van der Waals surface area (Å²) in [6, 6.07) is 7.40. The average molecular weight is 285 g/mol. The lowest BCUT2D eigenvalue weighted by molar-refractivity contribution is -0.133. The predicted molar refractivity (Wildman–Crippen MR) is 81.0 cm³/mol. The number of amides is 1. The van der Waals surface area contributed by atoms with Crippen molar-refractivity contribution in [2.24, 2.45) is 5.92 Å². The highest BCUT2D eigenvalue weighted by atomic mass is 16.2. The zero-order valence-electron chi connectivity index (χ0n) is 12.2. The van der Waals surface area contributed by atoms with Crippen LogP contribution in [0.25, 0.3) is 11.0 Å². The summed E-state index contributed by atoms with van der Waals surface area (Å²) in [5.41, 5.74) is 1.22. The molecule has 0 aliphatic carbocycles. The molecule has 1 fully saturated rings. The predicted octanol–water partition coefficient (Wildman–Crippen LogP) is 1.65. The van der Waals surface area contributed by atoms with Gasteiger partial charge in [-0.3, -0.25) is 14.2 Å². The Bertz CT molecular complexity index is 715. The second-order valence-electron chi connectivity index (χ2n) is 5.73. The van der Waals surface area contributed by atoms with Gasteiger partial charge in [-0.15, -0.1) is 0 Å². The van der Waals surface area contributed by atoms with E-state index in [9.17, 15) is 9.59 Å². The summed E-state index contributed by atoms with van der Waals surface area (Å²) in [5, 5.41) is 0. The quantitative estimate of drug-likeness (QED) is 0.843. The lowest BCUT2D eigenvalue weighted by Gasteiger charge is -2.30. The molecule has 0 N–H and O–H groups in total. The minimum atomic E-state index is -0.229. The number of likely N-dealkylation sites (tertiary alicyclic amines) is 1. The summed E-state index contributed by atoms with van der Waals surface area (Å²) < 4.78 is 1.52. The molecule has 1 aromatic carbocycles. The number of hydrogen-bond acceptors (Lipinski definition) is 3. The van der Waals surface area contributed by atoms with Gasteiger partial charge in [0.1, 0.15) is 6.54 Å². The van der Waals surface area contributed by atoms with Crippen molar-refractivity contribution in [2.45, 2.75) is 26.3 Å². The first kappa shape index (κ1) is 13.8. The van der Waals surface area contributed by atoms with Gasteiger partial charge in [0.05, 0.1) is 17.2 Å². The largest absolute Gasteiger partial charge is 0.341 e. The van der Waals surface area contributed by atoms with Crippen LogP contribution in [-0.4, -0.2) is 33.4 Å². The molecule has 0 atom stereocenters. The van der Waals surface area contributed by atoms with Crippen molar-refractivity contribution in [3.63, 3.8) is 0 Å². The molecule has 0 unspecified atom stereocenters. The minimum absolute atomic E-state index is 0.0142. The van der Waals surface area contributed by atoms with E-state index < -0.39 is 0 Å². The number of benzene rings is 1. The van der Waals surface area contributed by atoms with Crippen molar-refractivity contribution in [1.82, 2.24) is 14.5 Å². The first-order chi connectivity index (χ1) is 10.1. The molecule has 110 valence electrons. The second-order valence-corrected chi connectivity index (χ2v) is 5.73. The zero-order valence-corrected chi connectivity index (χ0v) is 12.2. The summed E-state index contributed by atoms with van der Waals surface area (Å²) in [4.78, 5) is 30.4. The molecule has 2 aromatic rings. The number of aromatic nitrogens is 2. The van der Waals surface area contributed by atoms with Crippen molar-refractivity contribution in [3.05, 3.63) is 40.8 Å². The summed E-state index contributed by atoms with van der Waals surface area (Å²) in [5.74, 6) is 0.693. The van der Waals surface area contributed by atoms with Gasteiger partial charge in [0.15, 0.2) is 0 Å². The van der Waals surface area contributed by atoms with E-state index in [2.05, 4.69) is 11.9 Å². The van der Waals surface area contributed by atoms with Crippen LogP contribution in [0.3, 0.4) is 0 Å². The third-order valence-corrected chi connectivity index (χ3v) is 4.18. The van der Waals surface area contributed by atoms with Crippen LogP contribution < -0.4 is 5.56 Å². The summed E-state index contributed by atoms with van der Waals surface area (Å²) >= 11 is 0. The first-order valence-corrected chi connectivity index (χ1v) is 7.37. The van der Waals surface area contributed by atoms with E-state index >= 15 is 0 Å². The van der Waals surface area contributed by atoms with E-state index in [1.807, 2.05) is 29.2 Å². The Labute approximate surface area is 123 Å². The normalized spacial score (nSPS) is 16.3. The van der Waals surface area contributed by atoms with Crippen LogP contribution in [0.1, 0.15) is 19.8 Å². The highest BCUT2D eigenvalue weighted by Crippen LogP contribution is 2.16. The second kappa shape index (κ2) is 5.68. The van der Waals surface area contributed by atoms with Gasteiger partial charge in [0.25, 0.3) is 5.56 Å². The van der Waals surface area contributed by atoms with Gasteiger partial charge in [-0.25, -0.2) is 4.98 Å². The van der Waals surface area contributed by atoms with Gasteiger partial charge in [-0.05, 0) is 30.9 Å². The zero-order chi connectivity index (χ0) is 14.8. The van der Waals surface area contributed by atoms with E-state index in [0.717, 1.165) is 31.4 Å². The number of carbonyl (C=O) groups excluding carboxylic acids is 1. The molecule has 1 amide bonds. The lowest BCUT2D eigenvalue weighted by atomic mass is 9.99. The Morgan fingerprint density at radius 3 is 2.76 bits per heavy atom. The number of hydrogen-bond donors (Lipinski definition) is 0. The fourth-order valence-electron chi connectivity index (χ4n) is 2.77. The molecule has 1 aromatic heterocycles. The molecule has 5 heteroatoms. The topological polar surface area (TPSA) is 55.2 Å². The molecule has 5 nitrogen and oxygen atoms in total. The Morgan fingerprint density at radius 2 is 2.00 bits per heavy atom. The first-order valence-electron chi connectivity index (χ1n) is 7.37. The number of fused-ring (bicyclic) bond motifs is 1. The van der Waals surface area contributed by atoms with Crippen LogP contribution in [-0.2, 0) is 11.3 Å². The Hall–Kier alpha value is -2.17. The van der Waals surface area contributed by atoms with Crippen molar-refractivity contribution >= 4 is 16.9 Å². The van der Waals surface area contributed by atoms with Crippen molar-refractivity contribution in [2.75, 3.05) is 13.1 Å². The molecule has 3 rings (SSSR count). The summed E-state index contributed by atoms with van der Waals surface area (Å²) in [7, 11) is 0. The van der Waals surface area contributed by atoms with Crippen molar-refractivity contribution < 1.29 is 4.79 Å². The van der Waals surface area contributed by atoms with Gasteiger partial charge < -0.3 is 4.90 Å². The van der Waals surface area contributed by atoms with E-state index in [0.29, 0.717) is 11.4 Å². The molecule has 0 radical (unpaired) electrons. The van der Waals surface area contributed by atoms with Crippen LogP contribution >= 0.6 is 0 Å². The summed E-state index contributed by atoms with van der Waals surface area (Å²) in [6.07, 6.45) is 3.36. The van der Waals surface area contributed by atoms with Crippen LogP contribution in [0.2, 0.25) is 0 Å². The van der Waals surface area contributed by atoms with Gasteiger partial charge in [-0.2, -0.15) is 0 Å². The molecule has 21 heavy (non-hydrogen) atoms. The molecular weight excluding hydrogens is 266 g/mol. The van der Waals surface area contributed by atoms with Gasteiger partial charge >= 0.3 is 0 Å². The molecule has 1 aliphatic heterocycles. The molecular formula is C16H19N3O2. The van der Waals surface area contributed by atoms with Crippen LogP contribution in [0, 0.1) is 5.92 Å². The SMILES string of the molecule is CC1CCN(C(=O)Cn2c(=O)cnc3ccccc32)CC1. The number of para-hydroxylation sites is 2. The summed E-state index contributed by atoms with van der Waals surface area (Å²) in [6.45, 7) is 3.88. The van der Waals surface area contributed by atoms with Crippen molar-refractivity contribution in [1.29, 1.82) is 0 Å². The highest BCUT2D eigenvalue weighted by Gasteiger charge is 2.21. The maximum atomic E-state index is 12.4. The molecule has 0 bridgehead atoms. The molecule has 1 aliphatic rings. The van der Waals surface area contributed by atoms with Crippen LogP contribution in [0.5, 0.6) is 0 Å². The van der Waals surface area contributed by atoms with Gasteiger partial charge in [-0.1, -0.05) is 19.1 Å². The Kier molecular flexibility index (Phi) is 3.73. The Morgan fingerprint density at radius 1 is 1.29 bits per heavy atom. The van der Waals surface area contributed by atoms with E-state index in [4.69, 9.17) is 0 Å². The highest BCUT2D eigenvalue weighted by molar-refractivity contribution is 5.80. The minimum Gasteiger partial charge on any atom is -0.341 e. The third kappa shape index (κ3) is 2.82. The smallest absolute Gasteiger partial charge is 0.269 e. The van der Waals surface area contributed by atoms with E-state index in [1.165, 1.54) is 10.8 Å². The third-order valence-electron chi connectivity index (χ3n) is 4.18. The maximum absolute atomic E-state index is 12.4. The standard InChI is InChI=1S/C16H19N3O2/c1-12-6-8-18(9-7-12)16(21)11-19-14-5-3-2-4-13(14)17-10-15(19)20/h2-5,10,12H,6-9,11H2,1H3. The van der Waals surface area contributed by atoms with Gasteiger partial charge in [0, 0.05) is 13.1 Å². The lowest BCUT2D eigenvalue weighted by Crippen LogP contribution is -2.41. The van der Waals surface area contributed by atoms with Crippen molar-refractivity contribution in [3.8, 4) is 0 Å². The van der Waals surface area contributed by atoms with Gasteiger partial charge in [0.2, 0.25) is 5.91 Å².